The summed E-state index contributed by atoms with van der Waals surface area (Å²) < 4.78 is 0. The molecule has 4 heteroatoms. The van der Waals surface area contributed by atoms with Crippen LogP contribution in [0.5, 0.6) is 0 Å². The van der Waals surface area contributed by atoms with Crippen LogP contribution in [-0.4, -0.2) is 28.7 Å². The van der Waals surface area contributed by atoms with Gasteiger partial charge in [0.05, 0.1) is 5.60 Å². The molecular formula is C11H22N2O2. The lowest BCUT2D eigenvalue weighted by Gasteiger charge is -2.31. The Kier molecular flexibility index (Phi) is 3.73. The van der Waals surface area contributed by atoms with E-state index in [1.54, 1.807) is 0 Å². The van der Waals surface area contributed by atoms with Crippen molar-refractivity contribution in [1.82, 2.24) is 5.32 Å². The highest BCUT2D eigenvalue weighted by atomic mass is 16.3. The van der Waals surface area contributed by atoms with Crippen LogP contribution in [0.25, 0.3) is 0 Å². The van der Waals surface area contributed by atoms with Crippen LogP contribution in [0.3, 0.4) is 0 Å². The summed E-state index contributed by atoms with van der Waals surface area (Å²) in [7, 11) is 0. The number of amides is 1. The molecular weight excluding hydrogens is 192 g/mol. The Labute approximate surface area is 91.2 Å². The Morgan fingerprint density at radius 3 is 2.47 bits per heavy atom. The zero-order valence-corrected chi connectivity index (χ0v) is 9.68. The van der Waals surface area contributed by atoms with Crippen molar-refractivity contribution in [3.8, 4) is 0 Å². The van der Waals surface area contributed by atoms with Crippen LogP contribution < -0.4 is 11.1 Å². The molecule has 1 aliphatic rings. The third-order valence-corrected chi connectivity index (χ3v) is 3.05. The van der Waals surface area contributed by atoms with Gasteiger partial charge >= 0.3 is 0 Å². The van der Waals surface area contributed by atoms with E-state index < -0.39 is 5.60 Å². The fraction of sp³-hybridized carbons (Fsp3) is 0.909. The molecule has 0 atom stereocenters. The first-order valence-corrected chi connectivity index (χ1v) is 5.59. The lowest BCUT2D eigenvalue weighted by atomic mass is 9.96. The van der Waals surface area contributed by atoms with Gasteiger partial charge in [-0.25, -0.2) is 0 Å². The number of nitrogens with one attached hydrogen (secondary N) is 1. The minimum absolute atomic E-state index is 0.295. The molecule has 0 unspecified atom stereocenters. The van der Waals surface area contributed by atoms with Crippen molar-refractivity contribution in [3.05, 3.63) is 0 Å². The maximum absolute atomic E-state index is 10.8. The van der Waals surface area contributed by atoms with Crippen molar-refractivity contribution in [3.63, 3.8) is 0 Å². The maximum atomic E-state index is 10.8. The van der Waals surface area contributed by atoms with Crippen LogP contribution in [0.2, 0.25) is 0 Å². The van der Waals surface area contributed by atoms with Crippen LogP contribution in [0, 0.1) is 0 Å². The topological polar surface area (TPSA) is 75.4 Å². The van der Waals surface area contributed by atoms with Gasteiger partial charge in [0.15, 0.2) is 0 Å². The molecule has 1 aliphatic carbocycles. The highest BCUT2D eigenvalue weighted by Crippen LogP contribution is 2.29. The first-order valence-electron chi connectivity index (χ1n) is 5.59. The Hall–Kier alpha value is -0.610. The van der Waals surface area contributed by atoms with E-state index in [9.17, 15) is 9.90 Å². The average Bonchev–Trinajstić information content (AvgIpc) is 2.48. The van der Waals surface area contributed by atoms with Crippen LogP contribution >= 0.6 is 0 Å². The molecule has 0 aromatic heterocycles. The van der Waals surface area contributed by atoms with Crippen molar-refractivity contribution in [2.75, 3.05) is 6.54 Å². The van der Waals surface area contributed by atoms with Crippen molar-refractivity contribution >= 4 is 5.91 Å². The SMILES string of the molecule is CC(C)(CC(N)=O)NCC1(O)CCCC1. The lowest BCUT2D eigenvalue weighted by molar-refractivity contribution is -0.119. The summed E-state index contributed by atoms with van der Waals surface area (Å²) in [6.45, 7) is 4.40. The summed E-state index contributed by atoms with van der Waals surface area (Å²) in [6.07, 6.45) is 4.19. The number of rotatable bonds is 5. The molecule has 0 saturated heterocycles. The molecule has 15 heavy (non-hydrogen) atoms. The van der Waals surface area contributed by atoms with E-state index in [0.29, 0.717) is 13.0 Å². The van der Waals surface area contributed by atoms with Gasteiger partial charge in [-0.3, -0.25) is 4.79 Å². The third-order valence-electron chi connectivity index (χ3n) is 3.05. The highest BCUT2D eigenvalue weighted by Gasteiger charge is 2.33. The van der Waals surface area contributed by atoms with Gasteiger partial charge in [-0.05, 0) is 26.7 Å². The van der Waals surface area contributed by atoms with Gasteiger partial charge in [-0.1, -0.05) is 12.8 Å². The third kappa shape index (κ3) is 4.18. The zero-order valence-electron chi connectivity index (χ0n) is 9.68. The molecule has 0 heterocycles. The molecule has 88 valence electrons. The van der Waals surface area contributed by atoms with Crippen molar-refractivity contribution in [1.29, 1.82) is 0 Å². The molecule has 1 amide bonds. The van der Waals surface area contributed by atoms with E-state index in [0.717, 1.165) is 25.7 Å². The van der Waals surface area contributed by atoms with Crippen molar-refractivity contribution in [2.24, 2.45) is 5.73 Å². The standard InChI is InChI=1S/C11H22N2O2/c1-10(2,7-9(12)14)13-8-11(15)5-3-4-6-11/h13,15H,3-8H2,1-2H3,(H2,12,14). The van der Waals surface area contributed by atoms with Crippen molar-refractivity contribution in [2.45, 2.75) is 57.1 Å². The molecule has 1 fully saturated rings. The van der Waals surface area contributed by atoms with Crippen LogP contribution in [0.1, 0.15) is 46.0 Å². The number of hydrogen-bond donors (Lipinski definition) is 3. The second-order valence-electron chi connectivity index (χ2n) is 5.31. The number of β-amino-alcohol motifs (C(OH)–C–C–N with tert-alkyl or cyclic N) is 1. The summed E-state index contributed by atoms with van der Waals surface area (Å²) >= 11 is 0. The summed E-state index contributed by atoms with van der Waals surface area (Å²) in [5.41, 5.74) is 4.25. The molecule has 4 N–H and O–H groups in total. The second-order valence-corrected chi connectivity index (χ2v) is 5.31. The number of primary amides is 1. The van der Waals surface area contributed by atoms with E-state index in [4.69, 9.17) is 5.73 Å². The van der Waals surface area contributed by atoms with E-state index in [2.05, 4.69) is 5.32 Å². The number of aliphatic hydroxyl groups is 1. The number of nitrogens with two attached hydrogens (primary N) is 1. The average molecular weight is 214 g/mol. The molecule has 0 aromatic rings. The highest BCUT2D eigenvalue weighted by molar-refractivity contribution is 5.74. The van der Waals surface area contributed by atoms with E-state index >= 15 is 0 Å². The Morgan fingerprint density at radius 2 is 2.00 bits per heavy atom. The Morgan fingerprint density at radius 1 is 1.47 bits per heavy atom. The normalized spacial score (nSPS) is 20.5. The van der Waals surface area contributed by atoms with Gasteiger partial charge in [-0.15, -0.1) is 0 Å². The molecule has 1 rings (SSSR count). The molecule has 0 aliphatic heterocycles. The summed E-state index contributed by atoms with van der Waals surface area (Å²) in [4.78, 5) is 10.8. The second kappa shape index (κ2) is 4.49. The number of hydrogen-bond acceptors (Lipinski definition) is 3. The van der Waals surface area contributed by atoms with Gasteiger partial charge < -0.3 is 16.2 Å². The Balaban J connectivity index is 2.37. The van der Waals surface area contributed by atoms with E-state index in [1.165, 1.54) is 0 Å². The molecule has 0 radical (unpaired) electrons. The predicted octanol–water partition coefficient (Wildman–Crippen LogP) is 0.535. The number of carbonyl (C=O) groups is 1. The molecule has 0 aromatic carbocycles. The monoisotopic (exact) mass is 214 g/mol. The molecule has 4 nitrogen and oxygen atoms in total. The van der Waals surface area contributed by atoms with E-state index in [-0.39, 0.29) is 11.4 Å². The fourth-order valence-corrected chi connectivity index (χ4v) is 2.11. The first-order chi connectivity index (χ1) is 6.83. The van der Waals surface area contributed by atoms with Gasteiger partial charge in [-0.2, -0.15) is 0 Å². The van der Waals surface area contributed by atoms with Gasteiger partial charge in [0, 0.05) is 18.5 Å². The fourth-order valence-electron chi connectivity index (χ4n) is 2.11. The van der Waals surface area contributed by atoms with Gasteiger partial charge in [0.25, 0.3) is 0 Å². The van der Waals surface area contributed by atoms with Crippen molar-refractivity contribution < 1.29 is 9.90 Å². The molecule has 1 saturated carbocycles. The Bertz CT molecular complexity index is 233. The minimum Gasteiger partial charge on any atom is -0.389 e. The summed E-state index contributed by atoms with van der Waals surface area (Å²) in [5.74, 6) is -0.314. The first kappa shape index (κ1) is 12.5. The van der Waals surface area contributed by atoms with Crippen LogP contribution in [0.15, 0.2) is 0 Å². The largest absolute Gasteiger partial charge is 0.389 e. The van der Waals surface area contributed by atoms with Gasteiger partial charge in [0.2, 0.25) is 5.91 Å². The number of carbonyl (C=O) groups excluding carboxylic acids is 1. The molecule has 0 bridgehead atoms. The predicted molar refractivity (Wildman–Crippen MR) is 59.3 cm³/mol. The summed E-state index contributed by atoms with van der Waals surface area (Å²) in [6, 6.07) is 0. The van der Waals surface area contributed by atoms with Crippen LogP contribution in [-0.2, 0) is 4.79 Å². The van der Waals surface area contributed by atoms with Gasteiger partial charge in [0.1, 0.15) is 0 Å². The summed E-state index contributed by atoms with van der Waals surface area (Å²) in [5, 5.41) is 13.3. The molecule has 0 spiro atoms. The maximum Gasteiger partial charge on any atom is 0.219 e. The quantitative estimate of drug-likeness (QED) is 0.625. The minimum atomic E-state index is -0.574. The van der Waals surface area contributed by atoms with E-state index in [1.807, 2.05) is 13.8 Å². The zero-order chi connectivity index (χ0) is 11.5. The smallest absolute Gasteiger partial charge is 0.219 e. The van der Waals surface area contributed by atoms with Crippen LogP contribution in [0.4, 0.5) is 0 Å². The lowest BCUT2D eigenvalue weighted by Crippen LogP contribution is -2.49.